The van der Waals surface area contributed by atoms with E-state index in [-0.39, 0.29) is 12.5 Å². The van der Waals surface area contributed by atoms with Gasteiger partial charge in [-0.05, 0) is 33.6 Å². The summed E-state index contributed by atoms with van der Waals surface area (Å²) in [6.07, 6.45) is 5.09. The van der Waals surface area contributed by atoms with Crippen LogP contribution in [0.4, 0.5) is 5.82 Å². The van der Waals surface area contributed by atoms with Crippen LogP contribution in [-0.4, -0.2) is 22.5 Å². The zero-order chi connectivity index (χ0) is 13.2. The summed E-state index contributed by atoms with van der Waals surface area (Å²) in [7, 11) is 0. The van der Waals surface area contributed by atoms with Crippen LogP contribution >= 0.6 is 15.9 Å². The Morgan fingerprint density at radius 2 is 2.32 bits per heavy atom. The number of anilines is 1. The Morgan fingerprint density at radius 1 is 1.42 bits per heavy atom. The van der Waals surface area contributed by atoms with Crippen molar-refractivity contribution in [1.82, 2.24) is 9.97 Å². The normalized spacial score (nSPS) is 13.9. The molecule has 0 aromatic carbocycles. The second kappa shape index (κ2) is 4.97. The molecule has 0 atom stereocenters. The maximum Gasteiger partial charge on any atom is 0.266 e. The summed E-state index contributed by atoms with van der Waals surface area (Å²) in [5, 5.41) is 0. The number of fused-ring (bicyclic) bond motifs is 1. The summed E-state index contributed by atoms with van der Waals surface area (Å²) < 4.78 is 6.21. The molecule has 0 N–H and O–H groups in total. The average molecular weight is 320 g/mol. The zero-order valence-corrected chi connectivity index (χ0v) is 11.5. The fourth-order valence-corrected chi connectivity index (χ4v) is 2.21. The van der Waals surface area contributed by atoms with E-state index in [1.54, 1.807) is 23.5 Å². The molecule has 0 radical (unpaired) electrons. The highest BCUT2D eigenvalue weighted by atomic mass is 79.9. The second-order valence-corrected chi connectivity index (χ2v) is 5.02. The largest absolute Gasteiger partial charge is 0.480 e. The van der Waals surface area contributed by atoms with E-state index in [1.165, 1.54) is 0 Å². The Morgan fingerprint density at radius 3 is 3.11 bits per heavy atom. The number of hydrogen-bond acceptors (Lipinski definition) is 4. The van der Waals surface area contributed by atoms with Crippen molar-refractivity contribution in [2.45, 2.75) is 6.54 Å². The van der Waals surface area contributed by atoms with Gasteiger partial charge in [-0.25, -0.2) is 4.98 Å². The minimum absolute atomic E-state index is 0.0331. The first kappa shape index (κ1) is 12.1. The first-order valence-electron chi connectivity index (χ1n) is 5.71. The van der Waals surface area contributed by atoms with Gasteiger partial charge in [0.05, 0.1) is 6.54 Å². The average Bonchev–Trinajstić information content (AvgIpc) is 2.43. The van der Waals surface area contributed by atoms with E-state index in [4.69, 9.17) is 4.74 Å². The molecule has 3 rings (SSSR count). The number of carbonyl (C=O) groups excluding carboxylic acids is 1. The maximum atomic E-state index is 12.0. The van der Waals surface area contributed by atoms with Gasteiger partial charge in [-0.3, -0.25) is 14.7 Å². The Labute approximate surface area is 118 Å². The second-order valence-electron chi connectivity index (χ2n) is 4.11. The highest BCUT2D eigenvalue weighted by Gasteiger charge is 2.27. The van der Waals surface area contributed by atoms with Crippen LogP contribution < -0.4 is 9.64 Å². The third-order valence-electron chi connectivity index (χ3n) is 2.77. The lowest BCUT2D eigenvalue weighted by atomic mass is 10.2. The summed E-state index contributed by atoms with van der Waals surface area (Å²) in [4.78, 5) is 21.9. The van der Waals surface area contributed by atoms with Crippen LogP contribution in [0.3, 0.4) is 0 Å². The van der Waals surface area contributed by atoms with Crippen molar-refractivity contribution >= 4 is 27.7 Å². The first-order chi connectivity index (χ1) is 9.24. The van der Waals surface area contributed by atoms with Crippen LogP contribution in [0, 0.1) is 0 Å². The lowest BCUT2D eigenvalue weighted by Gasteiger charge is -2.28. The standard InChI is InChI=1S/C13H10BrN3O2/c14-10-4-11-13(16-6-10)17(12(18)8-19-11)7-9-2-1-3-15-5-9/h1-6H,7-8H2. The molecular weight excluding hydrogens is 310 g/mol. The number of halogens is 1. The topological polar surface area (TPSA) is 55.3 Å². The van der Waals surface area contributed by atoms with Crippen LogP contribution in [0.15, 0.2) is 41.3 Å². The molecule has 0 spiro atoms. The van der Waals surface area contributed by atoms with Gasteiger partial charge in [0.1, 0.15) is 0 Å². The molecule has 1 aliphatic heterocycles. The molecule has 1 amide bonds. The van der Waals surface area contributed by atoms with Crippen LogP contribution in [0.2, 0.25) is 0 Å². The fraction of sp³-hybridized carbons (Fsp3) is 0.154. The molecule has 2 aromatic heterocycles. The van der Waals surface area contributed by atoms with Gasteiger partial charge < -0.3 is 4.74 Å². The number of aromatic nitrogens is 2. The van der Waals surface area contributed by atoms with Crippen molar-refractivity contribution in [3.05, 3.63) is 46.8 Å². The van der Waals surface area contributed by atoms with Gasteiger partial charge in [0.25, 0.3) is 5.91 Å². The van der Waals surface area contributed by atoms with Crippen molar-refractivity contribution in [1.29, 1.82) is 0 Å². The number of rotatable bonds is 2. The van der Waals surface area contributed by atoms with E-state index in [1.807, 2.05) is 18.2 Å². The molecule has 2 aromatic rings. The quantitative estimate of drug-likeness (QED) is 0.851. The highest BCUT2D eigenvalue weighted by Crippen LogP contribution is 2.32. The number of carbonyl (C=O) groups is 1. The van der Waals surface area contributed by atoms with Crippen molar-refractivity contribution < 1.29 is 9.53 Å². The predicted molar refractivity (Wildman–Crippen MR) is 72.9 cm³/mol. The Hall–Kier alpha value is -1.95. The fourth-order valence-electron chi connectivity index (χ4n) is 1.90. The third-order valence-corrected chi connectivity index (χ3v) is 3.20. The maximum absolute atomic E-state index is 12.0. The van der Waals surface area contributed by atoms with Gasteiger partial charge >= 0.3 is 0 Å². The number of pyridine rings is 2. The third kappa shape index (κ3) is 2.44. The van der Waals surface area contributed by atoms with Crippen molar-refractivity contribution in [2.75, 3.05) is 11.5 Å². The smallest absolute Gasteiger partial charge is 0.266 e. The van der Waals surface area contributed by atoms with E-state index >= 15 is 0 Å². The molecule has 0 saturated carbocycles. The minimum atomic E-state index is -0.105. The van der Waals surface area contributed by atoms with Gasteiger partial charge in [-0.1, -0.05) is 6.07 Å². The van der Waals surface area contributed by atoms with E-state index in [0.29, 0.717) is 18.1 Å². The van der Waals surface area contributed by atoms with Crippen molar-refractivity contribution in [3.63, 3.8) is 0 Å². The number of hydrogen-bond donors (Lipinski definition) is 0. The molecule has 19 heavy (non-hydrogen) atoms. The molecule has 6 heteroatoms. The molecular formula is C13H10BrN3O2. The SMILES string of the molecule is O=C1COc2cc(Br)cnc2N1Cc1cccnc1. The van der Waals surface area contributed by atoms with Gasteiger partial charge in [0, 0.05) is 23.1 Å². The Kier molecular flexibility index (Phi) is 3.16. The molecule has 0 bridgehead atoms. The molecule has 5 nitrogen and oxygen atoms in total. The lowest BCUT2D eigenvalue weighted by molar-refractivity contribution is -0.121. The van der Waals surface area contributed by atoms with E-state index in [9.17, 15) is 4.79 Å². The molecule has 0 saturated heterocycles. The number of ether oxygens (including phenoxy) is 1. The summed E-state index contributed by atoms with van der Waals surface area (Å²) >= 11 is 3.34. The highest BCUT2D eigenvalue weighted by molar-refractivity contribution is 9.10. The molecule has 0 fully saturated rings. The molecule has 0 aliphatic carbocycles. The van der Waals surface area contributed by atoms with Gasteiger partial charge in [0.15, 0.2) is 18.2 Å². The van der Waals surface area contributed by atoms with E-state index < -0.39 is 0 Å². The number of amides is 1. The zero-order valence-electron chi connectivity index (χ0n) is 9.91. The Bertz CT molecular complexity index is 619. The first-order valence-corrected chi connectivity index (χ1v) is 6.51. The van der Waals surface area contributed by atoms with Crippen LogP contribution in [-0.2, 0) is 11.3 Å². The summed E-state index contributed by atoms with van der Waals surface area (Å²) in [6.45, 7) is 0.475. The van der Waals surface area contributed by atoms with Crippen molar-refractivity contribution in [2.24, 2.45) is 0 Å². The van der Waals surface area contributed by atoms with E-state index in [0.717, 1.165) is 10.0 Å². The van der Waals surface area contributed by atoms with Gasteiger partial charge in [-0.15, -0.1) is 0 Å². The van der Waals surface area contributed by atoms with E-state index in [2.05, 4.69) is 25.9 Å². The summed E-state index contributed by atoms with van der Waals surface area (Å²) in [6, 6.07) is 5.58. The molecule has 0 unspecified atom stereocenters. The van der Waals surface area contributed by atoms with Crippen molar-refractivity contribution in [3.8, 4) is 5.75 Å². The molecule has 96 valence electrons. The van der Waals surface area contributed by atoms with Crippen LogP contribution in [0.25, 0.3) is 0 Å². The predicted octanol–water partition coefficient (Wildman–Crippen LogP) is 2.16. The monoisotopic (exact) mass is 319 g/mol. The van der Waals surface area contributed by atoms with Gasteiger partial charge in [-0.2, -0.15) is 0 Å². The summed E-state index contributed by atoms with van der Waals surface area (Å²) in [5.41, 5.74) is 0.952. The lowest BCUT2D eigenvalue weighted by Crippen LogP contribution is -2.38. The minimum Gasteiger partial charge on any atom is -0.480 e. The number of nitrogens with zero attached hydrogens (tertiary/aromatic N) is 3. The van der Waals surface area contributed by atoms with Crippen LogP contribution in [0.5, 0.6) is 5.75 Å². The summed E-state index contributed by atoms with van der Waals surface area (Å²) in [5.74, 6) is 1.05. The Balaban J connectivity index is 1.95. The van der Waals surface area contributed by atoms with Gasteiger partial charge in [0.2, 0.25) is 0 Å². The van der Waals surface area contributed by atoms with Crippen LogP contribution in [0.1, 0.15) is 5.56 Å². The molecule has 1 aliphatic rings. The molecule has 3 heterocycles.